The van der Waals surface area contributed by atoms with Crippen molar-refractivity contribution in [3.63, 3.8) is 0 Å². The molecule has 0 saturated carbocycles. The number of H-pyrrole nitrogens is 1. The lowest BCUT2D eigenvalue weighted by Crippen LogP contribution is -2.36. The summed E-state index contributed by atoms with van der Waals surface area (Å²) in [6.45, 7) is 0. The monoisotopic (exact) mass is 418 g/mol. The van der Waals surface area contributed by atoms with E-state index in [1.807, 2.05) is 41.2 Å². The topological polar surface area (TPSA) is 88.3 Å². The molecule has 0 bridgehead atoms. The van der Waals surface area contributed by atoms with Gasteiger partial charge in [0.05, 0.1) is 18.6 Å². The first-order valence-corrected chi connectivity index (χ1v) is 11.9. The Morgan fingerprint density at radius 2 is 2.25 bits per heavy atom. The molecule has 1 aliphatic rings. The number of sulfone groups is 1. The summed E-state index contributed by atoms with van der Waals surface area (Å²) in [5.74, 6) is 0.655. The molecule has 0 spiro atoms. The minimum absolute atomic E-state index is 0.0305. The molecule has 1 amide bonds. The third-order valence-electron chi connectivity index (χ3n) is 5.23. The third-order valence-corrected chi connectivity index (χ3v) is 7.70. The van der Waals surface area contributed by atoms with E-state index in [1.54, 1.807) is 18.4 Å². The number of fused-ring (bicyclic) bond motifs is 1. The van der Waals surface area contributed by atoms with Crippen molar-refractivity contribution in [2.45, 2.75) is 24.8 Å². The van der Waals surface area contributed by atoms with Gasteiger partial charge < -0.3 is 15.0 Å². The SMILES string of the molecule is COc1cccc2[nH]cc(C(CC(=O)NC3CCS(=O)(=O)C3)c3ccsc3)c12. The van der Waals surface area contributed by atoms with Gasteiger partial charge in [-0.05, 0) is 46.5 Å². The quantitative estimate of drug-likeness (QED) is 0.644. The molecule has 0 radical (unpaired) electrons. The molecular weight excluding hydrogens is 396 g/mol. The van der Waals surface area contributed by atoms with Crippen molar-refractivity contribution in [1.82, 2.24) is 10.3 Å². The molecule has 1 aliphatic heterocycles. The number of carbonyl (C=O) groups excluding carboxylic acids is 1. The number of thiophene rings is 1. The van der Waals surface area contributed by atoms with Crippen molar-refractivity contribution in [2.75, 3.05) is 18.6 Å². The minimum atomic E-state index is -3.03. The molecule has 28 heavy (non-hydrogen) atoms. The molecule has 2 atom stereocenters. The summed E-state index contributed by atoms with van der Waals surface area (Å²) in [4.78, 5) is 16.0. The molecular formula is C20H22N2O4S2. The summed E-state index contributed by atoms with van der Waals surface area (Å²) >= 11 is 1.59. The molecule has 148 valence electrons. The first-order chi connectivity index (χ1) is 13.5. The van der Waals surface area contributed by atoms with Gasteiger partial charge in [0.25, 0.3) is 0 Å². The Hall–Kier alpha value is -2.32. The molecule has 2 aromatic heterocycles. The van der Waals surface area contributed by atoms with Crippen molar-refractivity contribution in [2.24, 2.45) is 0 Å². The zero-order chi connectivity index (χ0) is 19.7. The molecule has 8 heteroatoms. The van der Waals surface area contributed by atoms with E-state index in [-0.39, 0.29) is 35.8 Å². The number of nitrogens with one attached hydrogen (secondary N) is 2. The van der Waals surface area contributed by atoms with Crippen molar-refractivity contribution in [3.05, 3.63) is 52.3 Å². The lowest BCUT2D eigenvalue weighted by atomic mass is 9.89. The van der Waals surface area contributed by atoms with Crippen LogP contribution in [-0.4, -0.2) is 44.0 Å². The van der Waals surface area contributed by atoms with Gasteiger partial charge in [-0.25, -0.2) is 8.42 Å². The Balaban J connectivity index is 1.63. The Kier molecular flexibility index (Phi) is 5.16. The summed E-state index contributed by atoms with van der Waals surface area (Å²) in [7, 11) is -1.39. The van der Waals surface area contributed by atoms with Gasteiger partial charge in [0.15, 0.2) is 9.84 Å². The molecule has 4 rings (SSSR count). The van der Waals surface area contributed by atoms with Gasteiger partial charge in [0.1, 0.15) is 5.75 Å². The highest BCUT2D eigenvalue weighted by Crippen LogP contribution is 2.38. The fraction of sp³-hybridized carbons (Fsp3) is 0.350. The standard InChI is InChI=1S/C20H22N2O4S2/c1-26-18-4-2-3-17-20(18)16(10-21-17)15(13-5-7-27-11-13)9-19(23)22-14-6-8-28(24,25)12-14/h2-5,7,10-11,14-15,21H,6,8-9,12H2,1H3,(H,22,23). The van der Waals surface area contributed by atoms with Crippen LogP contribution in [-0.2, 0) is 14.6 Å². The minimum Gasteiger partial charge on any atom is -0.496 e. The maximum atomic E-state index is 12.8. The number of hydrogen-bond acceptors (Lipinski definition) is 5. The summed E-state index contributed by atoms with van der Waals surface area (Å²) < 4.78 is 28.9. The van der Waals surface area contributed by atoms with E-state index in [2.05, 4.69) is 10.3 Å². The zero-order valence-corrected chi connectivity index (χ0v) is 17.1. The van der Waals surface area contributed by atoms with E-state index < -0.39 is 9.84 Å². The molecule has 1 saturated heterocycles. The van der Waals surface area contributed by atoms with E-state index in [0.29, 0.717) is 6.42 Å². The second-order valence-corrected chi connectivity index (χ2v) is 10.1. The van der Waals surface area contributed by atoms with Gasteiger partial charge in [-0.15, -0.1) is 0 Å². The number of aromatic nitrogens is 1. The van der Waals surface area contributed by atoms with E-state index in [9.17, 15) is 13.2 Å². The van der Waals surface area contributed by atoms with Gasteiger partial charge in [-0.2, -0.15) is 11.3 Å². The fourth-order valence-electron chi connectivity index (χ4n) is 3.88. The van der Waals surface area contributed by atoms with Crippen LogP contribution in [0.25, 0.3) is 10.9 Å². The average molecular weight is 419 g/mol. The highest BCUT2D eigenvalue weighted by molar-refractivity contribution is 7.91. The first-order valence-electron chi connectivity index (χ1n) is 9.12. The smallest absolute Gasteiger partial charge is 0.221 e. The summed E-state index contributed by atoms with van der Waals surface area (Å²) in [5, 5.41) is 7.92. The predicted molar refractivity (Wildman–Crippen MR) is 111 cm³/mol. The number of aromatic amines is 1. The molecule has 1 aromatic carbocycles. The fourth-order valence-corrected chi connectivity index (χ4v) is 6.27. The van der Waals surface area contributed by atoms with Crippen LogP contribution in [0.4, 0.5) is 0 Å². The number of carbonyl (C=O) groups is 1. The lowest BCUT2D eigenvalue weighted by Gasteiger charge is -2.18. The third kappa shape index (κ3) is 3.79. The molecule has 2 N–H and O–H groups in total. The van der Waals surface area contributed by atoms with Gasteiger partial charge in [-0.1, -0.05) is 6.07 Å². The number of rotatable bonds is 6. The average Bonchev–Trinajstić information content (AvgIpc) is 3.39. The maximum Gasteiger partial charge on any atom is 0.221 e. The summed E-state index contributed by atoms with van der Waals surface area (Å²) in [5.41, 5.74) is 3.02. The maximum absolute atomic E-state index is 12.8. The van der Waals surface area contributed by atoms with E-state index >= 15 is 0 Å². The molecule has 6 nitrogen and oxygen atoms in total. The van der Waals surface area contributed by atoms with Crippen molar-refractivity contribution >= 4 is 38.0 Å². The second kappa shape index (κ2) is 7.60. The van der Waals surface area contributed by atoms with Crippen LogP contribution in [0.15, 0.2) is 41.2 Å². The van der Waals surface area contributed by atoms with Crippen molar-refractivity contribution in [1.29, 1.82) is 0 Å². The second-order valence-electron chi connectivity index (χ2n) is 7.11. The lowest BCUT2D eigenvalue weighted by molar-refractivity contribution is -0.121. The van der Waals surface area contributed by atoms with Gasteiger partial charge in [-0.3, -0.25) is 4.79 Å². The van der Waals surface area contributed by atoms with Crippen LogP contribution < -0.4 is 10.1 Å². The van der Waals surface area contributed by atoms with Crippen LogP contribution in [0.1, 0.15) is 29.9 Å². The van der Waals surface area contributed by atoms with Gasteiger partial charge in [0, 0.05) is 35.5 Å². The number of ether oxygens (including phenoxy) is 1. The highest BCUT2D eigenvalue weighted by Gasteiger charge is 2.30. The molecule has 3 heterocycles. The normalized spacial score (nSPS) is 19.5. The first kappa shape index (κ1) is 19.0. The Morgan fingerprint density at radius 1 is 1.39 bits per heavy atom. The Labute approximate surface area is 167 Å². The van der Waals surface area contributed by atoms with Crippen molar-refractivity contribution < 1.29 is 17.9 Å². The molecule has 0 aliphatic carbocycles. The van der Waals surface area contributed by atoms with Crippen LogP contribution in [0, 0.1) is 0 Å². The predicted octanol–water partition coefficient (Wildman–Crippen LogP) is 3.06. The van der Waals surface area contributed by atoms with E-state index in [1.165, 1.54) is 0 Å². The molecule has 3 aromatic rings. The Morgan fingerprint density at radius 3 is 2.93 bits per heavy atom. The molecule has 1 fully saturated rings. The van der Waals surface area contributed by atoms with Crippen molar-refractivity contribution in [3.8, 4) is 5.75 Å². The van der Waals surface area contributed by atoms with Crippen LogP contribution in [0.2, 0.25) is 0 Å². The number of amides is 1. The largest absolute Gasteiger partial charge is 0.496 e. The Bertz CT molecular complexity index is 1090. The molecule has 2 unspecified atom stereocenters. The summed E-state index contributed by atoms with van der Waals surface area (Å²) in [6, 6.07) is 7.55. The van der Waals surface area contributed by atoms with Gasteiger partial charge in [0.2, 0.25) is 5.91 Å². The van der Waals surface area contributed by atoms with Crippen LogP contribution in [0.5, 0.6) is 5.75 Å². The van der Waals surface area contributed by atoms with Gasteiger partial charge >= 0.3 is 0 Å². The summed E-state index contributed by atoms with van der Waals surface area (Å²) in [6.07, 6.45) is 2.67. The number of hydrogen-bond donors (Lipinski definition) is 2. The number of benzene rings is 1. The van der Waals surface area contributed by atoms with E-state index in [4.69, 9.17) is 4.74 Å². The van der Waals surface area contributed by atoms with Crippen LogP contribution >= 0.6 is 11.3 Å². The highest BCUT2D eigenvalue weighted by atomic mass is 32.2. The van der Waals surface area contributed by atoms with E-state index in [0.717, 1.165) is 27.8 Å². The zero-order valence-electron chi connectivity index (χ0n) is 15.5. The van der Waals surface area contributed by atoms with Crippen LogP contribution in [0.3, 0.4) is 0 Å². The number of methoxy groups -OCH3 is 1.